The van der Waals surface area contributed by atoms with Crippen molar-refractivity contribution in [1.29, 1.82) is 0 Å². The van der Waals surface area contributed by atoms with Crippen molar-refractivity contribution in [1.82, 2.24) is 0 Å². The molecular formula is C12H14O4. The third kappa shape index (κ3) is 3.10. The highest BCUT2D eigenvalue weighted by molar-refractivity contribution is 5.85. The molecule has 3 N–H and O–H groups in total. The summed E-state index contributed by atoms with van der Waals surface area (Å²) >= 11 is 0. The van der Waals surface area contributed by atoms with Crippen LogP contribution in [-0.4, -0.2) is 21.3 Å². The van der Waals surface area contributed by atoms with Crippen molar-refractivity contribution in [3.63, 3.8) is 0 Å². The summed E-state index contributed by atoms with van der Waals surface area (Å²) in [7, 11) is 0. The molecule has 1 rings (SSSR count). The Kier molecular flexibility index (Phi) is 3.34. The van der Waals surface area contributed by atoms with E-state index in [-0.39, 0.29) is 5.75 Å². The lowest BCUT2D eigenvalue weighted by atomic mass is 9.96. The molecule has 4 heteroatoms. The third-order valence-electron chi connectivity index (χ3n) is 2.10. The maximum absolute atomic E-state index is 10.3. The third-order valence-corrected chi connectivity index (χ3v) is 2.10. The highest BCUT2D eigenvalue weighted by Gasteiger charge is 2.19. The van der Waals surface area contributed by atoms with Gasteiger partial charge in [-0.2, -0.15) is 0 Å². The molecule has 86 valence electrons. The van der Waals surface area contributed by atoms with E-state index in [1.165, 1.54) is 12.1 Å². The minimum Gasteiger partial charge on any atom is -0.508 e. The average molecular weight is 222 g/mol. The van der Waals surface area contributed by atoms with Gasteiger partial charge in [-0.25, -0.2) is 4.79 Å². The summed E-state index contributed by atoms with van der Waals surface area (Å²) in [5.74, 6) is -1.11. The normalized spacial score (nSPS) is 11.9. The molecule has 0 radical (unpaired) electrons. The number of carboxylic acid groups (broad SMARTS) is 1. The number of hydrogen-bond donors (Lipinski definition) is 3. The first-order valence-corrected chi connectivity index (χ1v) is 4.77. The fraction of sp³-hybridized carbons (Fsp3) is 0.250. The number of phenols is 1. The van der Waals surface area contributed by atoms with E-state index in [0.717, 1.165) is 6.08 Å². The number of aromatic hydroxyl groups is 1. The lowest BCUT2D eigenvalue weighted by Gasteiger charge is -2.19. The zero-order valence-electron chi connectivity index (χ0n) is 9.14. The summed E-state index contributed by atoms with van der Waals surface area (Å²) in [5.41, 5.74) is -0.160. The fourth-order valence-electron chi connectivity index (χ4n) is 1.34. The Labute approximate surface area is 93.5 Å². The number of carboxylic acids is 1. The van der Waals surface area contributed by atoms with Gasteiger partial charge in [-0.15, -0.1) is 0 Å². The Balaban J connectivity index is 3.05. The fourth-order valence-corrected chi connectivity index (χ4v) is 1.34. The molecule has 0 bridgehead atoms. The van der Waals surface area contributed by atoms with Crippen molar-refractivity contribution >= 4 is 12.0 Å². The van der Waals surface area contributed by atoms with Crippen LogP contribution in [0.5, 0.6) is 5.75 Å². The molecule has 0 aliphatic heterocycles. The second kappa shape index (κ2) is 4.37. The highest BCUT2D eigenvalue weighted by Crippen LogP contribution is 2.29. The first kappa shape index (κ1) is 12.3. The van der Waals surface area contributed by atoms with Gasteiger partial charge in [0.05, 0.1) is 5.60 Å². The van der Waals surface area contributed by atoms with Crippen molar-refractivity contribution in [2.75, 3.05) is 0 Å². The number of aliphatic hydroxyl groups is 1. The van der Waals surface area contributed by atoms with E-state index in [9.17, 15) is 15.0 Å². The number of phenolic OH excluding ortho intramolecular Hbond substituents is 1. The quantitative estimate of drug-likeness (QED) is 0.680. The molecule has 0 aromatic heterocycles. The molecule has 0 aliphatic carbocycles. The Hall–Kier alpha value is -1.81. The molecule has 0 atom stereocenters. The van der Waals surface area contributed by atoms with Gasteiger partial charge in [0.15, 0.2) is 0 Å². The maximum atomic E-state index is 10.3. The van der Waals surface area contributed by atoms with Crippen molar-refractivity contribution < 1.29 is 20.1 Å². The smallest absolute Gasteiger partial charge is 0.328 e. The summed E-state index contributed by atoms with van der Waals surface area (Å²) in [5, 5.41) is 27.8. The van der Waals surface area contributed by atoms with E-state index in [1.807, 2.05) is 0 Å². The summed E-state index contributed by atoms with van der Waals surface area (Å²) < 4.78 is 0. The van der Waals surface area contributed by atoms with Crippen LogP contribution in [0, 0.1) is 0 Å². The number of hydrogen-bond acceptors (Lipinski definition) is 3. The van der Waals surface area contributed by atoms with E-state index >= 15 is 0 Å². The van der Waals surface area contributed by atoms with Gasteiger partial charge in [0.25, 0.3) is 0 Å². The van der Waals surface area contributed by atoms with Gasteiger partial charge in [0.2, 0.25) is 0 Å². The van der Waals surface area contributed by atoms with Crippen LogP contribution in [-0.2, 0) is 10.4 Å². The minimum atomic E-state index is -1.13. The van der Waals surface area contributed by atoms with Crippen LogP contribution in [0.3, 0.4) is 0 Å². The molecule has 0 aliphatic rings. The zero-order chi connectivity index (χ0) is 12.3. The average Bonchev–Trinajstić information content (AvgIpc) is 2.12. The molecule has 0 fully saturated rings. The van der Waals surface area contributed by atoms with Crippen LogP contribution < -0.4 is 0 Å². The van der Waals surface area contributed by atoms with Crippen LogP contribution in [0.4, 0.5) is 0 Å². The van der Waals surface area contributed by atoms with Gasteiger partial charge in [0, 0.05) is 11.6 Å². The lowest BCUT2D eigenvalue weighted by Crippen LogP contribution is -2.15. The molecule has 0 unspecified atom stereocenters. The Bertz CT molecular complexity index is 427. The lowest BCUT2D eigenvalue weighted by molar-refractivity contribution is -0.131. The largest absolute Gasteiger partial charge is 0.508 e. The number of rotatable bonds is 3. The summed E-state index contributed by atoms with van der Waals surface area (Å²) in [6.07, 6.45) is 2.36. The van der Waals surface area contributed by atoms with Crippen LogP contribution in [0.2, 0.25) is 0 Å². The molecule has 0 amide bonds. The predicted molar refractivity (Wildman–Crippen MR) is 60.0 cm³/mol. The van der Waals surface area contributed by atoms with Gasteiger partial charge in [-0.3, -0.25) is 0 Å². The van der Waals surface area contributed by atoms with Crippen molar-refractivity contribution in [3.8, 4) is 5.75 Å². The monoisotopic (exact) mass is 222 g/mol. The molecular weight excluding hydrogens is 208 g/mol. The van der Waals surface area contributed by atoms with E-state index < -0.39 is 11.6 Å². The van der Waals surface area contributed by atoms with E-state index in [0.29, 0.717) is 11.1 Å². The standard InChI is InChI=1S/C12H14O4/c1-12(2,16)9-5-3-8(7-10(9)13)4-6-11(14)15/h3-7,13,16H,1-2H3,(H,14,15)/b6-4+. The predicted octanol–water partition coefficient (Wildman–Crippen LogP) is 1.72. The molecule has 0 saturated heterocycles. The maximum Gasteiger partial charge on any atom is 0.328 e. The Morgan fingerprint density at radius 1 is 1.38 bits per heavy atom. The molecule has 1 aromatic carbocycles. The van der Waals surface area contributed by atoms with E-state index in [4.69, 9.17) is 5.11 Å². The summed E-state index contributed by atoms with van der Waals surface area (Å²) in [6.45, 7) is 3.13. The van der Waals surface area contributed by atoms with Gasteiger partial charge in [0.1, 0.15) is 5.75 Å². The Morgan fingerprint density at radius 3 is 2.44 bits per heavy atom. The number of aliphatic carboxylic acids is 1. The molecule has 0 saturated carbocycles. The van der Waals surface area contributed by atoms with Crippen molar-refractivity contribution in [3.05, 3.63) is 35.4 Å². The van der Waals surface area contributed by atoms with Crippen LogP contribution in [0.25, 0.3) is 6.08 Å². The highest BCUT2D eigenvalue weighted by atomic mass is 16.4. The first-order chi connectivity index (χ1) is 7.30. The van der Waals surface area contributed by atoms with Crippen LogP contribution in [0.15, 0.2) is 24.3 Å². The van der Waals surface area contributed by atoms with Gasteiger partial charge in [-0.05, 0) is 31.6 Å². The molecule has 0 heterocycles. The number of carbonyl (C=O) groups is 1. The van der Waals surface area contributed by atoms with E-state index in [2.05, 4.69) is 0 Å². The first-order valence-electron chi connectivity index (χ1n) is 4.77. The van der Waals surface area contributed by atoms with Crippen molar-refractivity contribution in [2.45, 2.75) is 19.4 Å². The summed E-state index contributed by atoms with van der Waals surface area (Å²) in [6, 6.07) is 4.61. The Morgan fingerprint density at radius 2 is 2.00 bits per heavy atom. The second-order valence-electron chi connectivity index (χ2n) is 4.01. The van der Waals surface area contributed by atoms with E-state index in [1.54, 1.807) is 26.0 Å². The molecule has 0 spiro atoms. The second-order valence-corrected chi connectivity index (χ2v) is 4.01. The van der Waals surface area contributed by atoms with Gasteiger partial charge < -0.3 is 15.3 Å². The van der Waals surface area contributed by atoms with Crippen molar-refractivity contribution in [2.24, 2.45) is 0 Å². The molecule has 1 aromatic rings. The minimum absolute atomic E-state index is 0.0555. The molecule has 4 nitrogen and oxygen atoms in total. The van der Waals surface area contributed by atoms with Gasteiger partial charge in [-0.1, -0.05) is 12.1 Å². The number of benzene rings is 1. The topological polar surface area (TPSA) is 77.8 Å². The van der Waals surface area contributed by atoms with Crippen LogP contribution in [0.1, 0.15) is 25.0 Å². The SMILES string of the molecule is CC(C)(O)c1ccc(/C=C/C(=O)O)cc1O. The molecule has 16 heavy (non-hydrogen) atoms. The zero-order valence-corrected chi connectivity index (χ0v) is 9.14. The van der Waals surface area contributed by atoms with Crippen LogP contribution >= 0.6 is 0 Å². The van der Waals surface area contributed by atoms with Gasteiger partial charge >= 0.3 is 5.97 Å². The summed E-state index contributed by atoms with van der Waals surface area (Å²) in [4.78, 5) is 10.3.